The molecule has 0 aromatic heterocycles. The Balaban J connectivity index is 1.40. The Kier molecular flexibility index (Phi) is 4.69. The first-order chi connectivity index (χ1) is 11.2. The molecule has 4 amide bonds. The van der Waals surface area contributed by atoms with E-state index in [1.165, 1.54) is 5.56 Å². The largest absolute Gasteiger partial charge is 0.338 e. The number of hydrogen-bond acceptors (Lipinski definition) is 2. The van der Waals surface area contributed by atoms with Gasteiger partial charge >= 0.3 is 12.1 Å². The fourth-order valence-electron chi connectivity index (χ4n) is 3.14. The van der Waals surface area contributed by atoms with E-state index >= 15 is 0 Å². The maximum atomic E-state index is 12.1. The van der Waals surface area contributed by atoms with E-state index in [9.17, 15) is 9.59 Å². The molecule has 0 bridgehead atoms. The molecule has 3 atom stereocenters. The third-order valence-corrected chi connectivity index (χ3v) is 4.47. The number of carbonyl (C=O) groups excluding carboxylic acids is 2. The van der Waals surface area contributed by atoms with Crippen LogP contribution in [-0.4, -0.2) is 48.7 Å². The molecule has 3 rings (SSSR count). The summed E-state index contributed by atoms with van der Waals surface area (Å²) in [5.74, 6) is 0.428. The lowest BCUT2D eigenvalue weighted by molar-refractivity contribution is 0.207. The van der Waals surface area contributed by atoms with Crippen LogP contribution in [0.2, 0.25) is 0 Å². The Bertz CT molecular complexity index is 563. The van der Waals surface area contributed by atoms with Gasteiger partial charge < -0.3 is 20.9 Å². The third-order valence-electron chi connectivity index (χ3n) is 4.47. The number of nitrogens with zero attached hydrogens (tertiary/aromatic N) is 1. The lowest BCUT2D eigenvalue weighted by Gasteiger charge is -2.17. The van der Waals surface area contributed by atoms with Crippen molar-refractivity contribution in [2.75, 3.05) is 19.6 Å². The van der Waals surface area contributed by atoms with Gasteiger partial charge in [0.1, 0.15) is 0 Å². The highest BCUT2D eigenvalue weighted by atomic mass is 16.2. The summed E-state index contributed by atoms with van der Waals surface area (Å²) in [6, 6.07) is 10.3. The number of benzene rings is 1. The predicted molar refractivity (Wildman–Crippen MR) is 88.3 cm³/mol. The van der Waals surface area contributed by atoms with E-state index in [0.717, 1.165) is 12.8 Å². The number of rotatable bonds is 4. The van der Waals surface area contributed by atoms with Gasteiger partial charge in [0.2, 0.25) is 0 Å². The quantitative estimate of drug-likeness (QED) is 0.790. The molecule has 1 saturated heterocycles. The minimum Gasteiger partial charge on any atom is -0.338 e. The minimum atomic E-state index is -0.129. The first-order valence-electron chi connectivity index (χ1n) is 8.32. The summed E-state index contributed by atoms with van der Waals surface area (Å²) < 4.78 is 0. The molecule has 1 heterocycles. The first kappa shape index (κ1) is 15.6. The van der Waals surface area contributed by atoms with E-state index < -0.39 is 0 Å². The van der Waals surface area contributed by atoms with Gasteiger partial charge in [0.05, 0.1) is 0 Å². The van der Waals surface area contributed by atoms with E-state index in [-0.39, 0.29) is 24.1 Å². The standard InChI is InChI=1S/C17H24N4O2/c1-2-18-17(23)21-9-8-13(11-21)19-16(22)20-15-10-14(15)12-6-4-3-5-7-12/h3-7,13-15H,2,8-11H2,1H3,(H,18,23)(H2,19,20,22). The van der Waals surface area contributed by atoms with Gasteiger partial charge in [0.25, 0.3) is 0 Å². The van der Waals surface area contributed by atoms with Gasteiger partial charge in [-0.25, -0.2) is 9.59 Å². The van der Waals surface area contributed by atoms with Gasteiger partial charge in [-0.2, -0.15) is 0 Å². The summed E-state index contributed by atoms with van der Waals surface area (Å²) >= 11 is 0. The van der Waals surface area contributed by atoms with Crippen LogP contribution in [0.5, 0.6) is 0 Å². The van der Waals surface area contributed by atoms with Crippen LogP contribution in [-0.2, 0) is 0 Å². The molecule has 6 nitrogen and oxygen atoms in total. The lowest BCUT2D eigenvalue weighted by Crippen LogP contribution is -2.45. The Hall–Kier alpha value is -2.24. The van der Waals surface area contributed by atoms with E-state index in [4.69, 9.17) is 0 Å². The van der Waals surface area contributed by atoms with Crippen molar-refractivity contribution in [3.05, 3.63) is 35.9 Å². The van der Waals surface area contributed by atoms with Crippen LogP contribution < -0.4 is 16.0 Å². The first-order valence-corrected chi connectivity index (χ1v) is 8.32. The number of nitrogens with one attached hydrogen (secondary N) is 3. The molecule has 3 unspecified atom stereocenters. The Labute approximate surface area is 136 Å². The van der Waals surface area contributed by atoms with E-state index in [1.54, 1.807) is 4.90 Å². The zero-order valence-corrected chi connectivity index (χ0v) is 13.4. The average Bonchev–Trinajstić information content (AvgIpc) is 3.15. The fourth-order valence-corrected chi connectivity index (χ4v) is 3.14. The van der Waals surface area contributed by atoms with Crippen molar-refractivity contribution in [1.29, 1.82) is 0 Å². The molecule has 1 aliphatic carbocycles. The van der Waals surface area contributed by atoms with E-state index in [0.29, 0.717) is 25.6 Å². The zero-order valence-electron chi connectivity index (χ0n) is 13.4. The van der Waals surface area contributed by atoms with Gasteiger partial charge in [-0.15, -0.1) is 0 Å². The third kappa shape index (κ3) is 3.94. The van der Waals surface area contributed by atoms with Crippen LogP contribution in [0.25, 0.3) is 0 Å². The van der Waals surface area contributed by atoms with Gasteiger partial charge in [0, 0.05) is 37.6 Å². The number of likely N-dealkylation sites (tertiary alicyclic amines) is 1. The Morgan fingerprint density at radius 2 is 2.00 bits per heavy atom. The second kappa shape index (κ2) is 6.89. The Morgan fingerprint density at radius 3 is 2.74 bits per heavy atom. The van der Waals surface area contributed by atoms with Crippen molar-refractivity contribution < 1.29 is 9.59 Å². The fraction of sp³-hybridized carbons (Fsp3) is 0.529. The number of carbonyl (C=O) groups is 2. The molecule has 0 radical (unpaired) electrons. The molecule has 2 fully saturated rings. The van der Waals surface area contributed by atoms with Crippen molar-refractivity contribution in [2.45, 2.75) is 37.8 Å². The van der Waals surface area contributed by atoms with E-state index in [1.807, 2.05) is 25.1 Å². The van der Waals surface area contributed by atoms with Crippen LogP contribution in [0.15, 0.2) is 30.3 Å². The summed E-state index contributed by atoms with van der Waals surface area (Å²) in [7, 11) is 0. The molecule has 124 valence electrons. The second-order valence-electron chi connectivity index (χ2n) is 6.24. The summed E-state index contributed by atoms with van der Waals surface area (Å²) in [6.45, 7) is 3.78. The van der Waals surface area contributed by atoms with E-state index in [2.05, 4.69) is 28.1 Å². The SMILES string of the molecule is CCNC(=O)N1CCC(NC(=O)NC2CC2c2ccccc2)C1. The molecule has 1 saturated carbocycles. The maximum absolute atomic E-state index is 12.1. The molecular weight excluding hydrogens is 292 g/mol. The molecule has 2 aliphatic rings. The normalized spacial score (nSPS) is 25.8. The van der Waals surface area contributed by atoms with Crippen LogP contribution in [0, 0.1) is 0 Å². The highest BCUT2D eigenvalue weighted by Crippen LogP contribution is 2.40. The second-order valence-corrected chi connectivity index (χ2v) is 6.24. The predicted octanol–water partition coefficient (Wildman–Crippen LogP) is 1.65. The summed E-state index contributed by atoms with van der Waals surface area (Å²) in [5, 5.41) is 8.79. The van der Waals surface area contributed by atoms with Crippen molar-refractivity contribution in [2.24, 2.45) is 0 Å². The molecule has 0 spiro atoms. The topological polar surface area (TPSA) is 73.5 Å². The maximum Gasteiger partial charge on any atom is 0.317 e. The number of urea groups is 2. The van der Waals surface area contributed by atoms with Gasteiger partial charge in [-0.1, -0.05) is 30.3 Å². The smallest absolute Gasteiger partial charge is 0.317 e. The monoisotopic (exact) mass is 316 g/mol. The highest BCUT2D eigenvalue weighted by Gasteiger charge is 2.39. The summed E-state index contributed by atoms with van der Waals surface area (Å²) in [5.41, 5.74) is 1.28. The molecule has 1 aromatic carbocycles. The molecule has 3 N–H and O–H groups in total. The molecule has 23 heavy (non-hydrogen) atoms. The van der Waals surface area contributed by atoms with Crippen LogP contribution in [0.1, 0.15) is 31.2 Å². The Morgan fingerprint density at radius 1 is 1.22 bits per heavy atom. The molecule has 1 aromatic rings. The molecular formula is C17H24N4O2. The summed E-state index contributed by atoms with van der Waals surface area (Å²) in [6.07, 6.45) is 1.80. The number of hydrogen-bond donors (Lipinski definition) is 3. The zero-order chi connectivity index (χ0) is 16.2. The lowest BCUT2D eigenvalue weighted by atomic mass is 10.1. The molecule has 6 heteroatoms. The number of amides is 4. The minimum absolute atomic E-state index is 0.0338. The van der Waals surface area contributed by atoms with Crippen molar-refractivity contribution in [1.82, 2.24) is 20.9 Å². The molecule has 1 aliphatic heterocycles. The average molecular weight is 316 g/mol. The van der Waals surface area contributed by atoms with Crippen LogP contribution >= 0.6 is 0 Å². The van der Waals surface area contributed by atoms with Crippen molar-refractivity contribution in [3.8, 4) is 0 Å². The van der Waals surface area contributed by atoms with Gasteiger partial charge in [-0.3, -0.25) is 0 Å². The van der Waals surface area contributed by atoms with Gasteiger partial charge in [0.15, 0.2) is 0 Å². The van der Waals surface area contributed by atoms with Gasteiger partial charge in [-0.05, 0) is 25.3 Å². The van der Waals surface area contributed by atoms with Crippen molar-refractivity contribution in [3.63, 3.8) is 0 Å². The van der Waals surface area contributed by atoms with Crippen LogP contribution in [0.4, 0.5) is 9.59 Å². The van der Waals surface area contributed by atoms with Crippen LogP contribution in [0.3, 0.4) is 0 Å². The highest BCUT2D eigenvalue weighted by molar-refractivity contribution is 5.76. The van der Waals surface area contributed by atoms with Crippen molar-refractivity contribution >= 4 is 12.1 Å². The summed E-state index contributed by atoms with van der Waals surface area (Å²) in [4.78, 5) is 25.6.